The summed E-state index contributed by atoms with van der Waals surface area (Å²) in [6.45, 7) is 2.64. The molecule has 12 unspecified atom stereocenters. The molecule has 14 nitrogen and oxygen atoms in total. The molecule has 14 heteroatoms. The van der Waals surface area contributed by atoms with Crippen LogP contribution in [0.4, 0.5) is 0 Å². The van der Waals surface area contributed by atoms with Crippen molar-refractivity contribution in [3.05, 3.63) is 72.9 Å². The zero-order valence-corrected chi connectivity index (χ0v) is 38.7. The highest BCUT2D eigenvalue weighted by molar-refractivity contribution is 5.76. The second kappa shape index (κ2) is 36.5. The van der Waals surface area contributed by atoms with Gasteiger partial charge >= 0.3 is 0 Å². The Morgan fingerprint density at radius 3 is 1.62 bits per heavy atom. The molecule has 0 aromatic carbocycles. The lowest BCUT2D eigenvalue weighted by atomic mass is 9.97. The number of carbonyl (C=O) groups excluding carboxylic acids is 1. The van der Waals surface area contributed by atoms with Gasteiger partial charge in [-0.1, -0.05) is 145 Å². The number of carbonyl (C=O) groups is 1. The van der Waals surface area contributed by atoms with E-state index in [-0.39, 0.29) is 18.9 Å². The van der Waals surface area contributed by atoms with Crippen LogP contribution in [0.15, 0.2) is 72.9 Å². The minimum atomic E-state index is -1.79. The summed E-state index contributed by atoms with van der Waals surface area (Å²) in [5, 5.41) is 86.6. The zero-order chi connectivity index (χ0) is 46.8. The van der Waals surface area contributed by atoms with Gasteiger partial charge in [-0.05, 0) is 64.2 Å². The first-order valence-electron chi connectivity index (χ1n) is 24.2. The van der Waals surface area contributed by atoms with E-state index >= 15 is 0 Å². The molecule has 2 aliphatic heterocycles. The molecule has 0 aromatic heterocycles. The molecule has 2 aliphatic rings. The molecule has 2 heterocycles. The quantitative estimate of drug-likeness (QED) is 0.0277. The van der Waals surface area contributed by atoms with Gasteiger partial charge in [0.05, 0.1) is 32.0 Å². The van der Waals surface area contributed by atoms with Gasteiger partial charge in [-0.15, -0.1) is 0 Å². The second-order valence-electron chi connectivity index (χ2n) is 16.9. The van der Waals surface area contributed by atoms with Gasteiger partial charge in [0.2, 0.25) is 5.91 Å². The molecule has 0 bridgehead atoms. The molecular formula is C50H85NO13. The van der Waals surface area contributed by atoms with Crippen LogP contribution < -0.4 is 5.32 Å². The predicted octanol–water partition coefficient (Wildman–Crippen LogP) is 5.65. The van der Waals surface area contributed by atoms with Crippen molar-refractivity contribution in [2.24, 2.45) is 0 Å². The van der Waals surface area contributed by atoms with Crippen LogP contribution in [0.3, 0.4) is 0 Å². The molecule has 2 fully saturated rings. The summed E-state index contributed by atoms with van der Waals surface area (Å²) >= 11 is 0. The monoisotopic (exact) mass is 908 g/mol. The molecule has 12 atom stereocenters. The number of hydrogen-bond acceptors (Lipinski definition) is 13. The van der Waals surface area contributed by atoms with Gasteiger partial charge in [-0.3, -0.25) is 4.79 Å². The summed E-state index contributed by atoms with van der Waals surface area (Å²) in [5.74, 6) is -0.256. The molecule has 0 aromatic rings. The van der Waals surface area contributed by atoms with Crippen molar-refractivity contribution in [3.63, 3.8) is 0 Å². The molecule has 2 rings (SSSR count). The third-order valence-corrected chi connectivity index (χ3v) is 11.4. The van der Waals surface area contributed by atoms with Crippen molar-refractivity contribution < 1.29 is 64.6 Å². The van der Waals surface area contributed by atoms with Crippen LogP contribution in [0.5, 0.6) is 0 Å². The fraction of sp³-hybridized carbons (Fsp3) is 0.740. The van der Waals surface area contributed by atoms with E-state index < -0.39 is 86.8 Å². The van der Waals surface area contributed by atoms with Crippen LogP contribution in [0.2, 0.25) is 0 Å². The zero-order valence-electron chi connectivity index (χ0n) is 38.7. The summed E-state index contributed by atoms with van der Waals surface area (Å²) in [6.07, 6.45) is 27.8. The van der Waals surface area contributed by atoms with Gasteiger partial charge < -0.3 is 65.1 Å². The number of hydrogen-bond donors (Lipinski definition) is 9. The van der Waals surface area contributed by atoms with Gasteiger partial charge in [0, 0.05) is 6.42 Å². The van der Waals surface area contributed by atoms with Crippen molar-refractivity contribution in [3.8, 4) is 0 Å². The van der Waals surface area contributed by atoms with Crippen LogP contribution in [0, 0.1) is 0 Å². The Hall–Kier alpha value is -2.57. The smallest absolute Gasteiger partial charge is 0.220 e. The Bertz CT molecular complexity index is 1350. The number of unbranched alkanes of at least 4 members (excludes halogenated alkanes) is 10. The fourth-order valence-corrected chi connectivity index (χ4v) is 7.47. The van der Waals surface area contributed by atoms with Crippen molar-refractivity contribution in [2.45, 2.75) is 216 Å². The molecule has 0 saturated carbocycles. The van der Waals surface area contributed by atoms with E-state index in [1.54, 1.807) is 0 Å². The SMILES string of the molecule is CC/C=C\C/C=C\C/C=C\C/C=C\C/C=C\C/C=C\CCCCC(=O)NC(COC1OC(CO)C(OC2OC(CO)C(O)C(O)C2O)C(O)C1O)C(O)CCCCCCCCCCC. The van der Waals surface area contributed by atoms with Gasteiger partial charge in [0.25, 0.3) is 0 Å². The van der Waals surface area contributed by atoms with Gasteiger partial charge in [0.1, 0.15) is 48.8 Å². The second-order valence-corrected chi connectivity index (χ2v) is 16.9. The Morgan fingerprint density at radius 1 is 0.578 bits per heavy atom. The Balaban J connectivity index is 1.84. The largest absolute Gasteiger partial charge is 0.394 e. The standard InChI is InChI=1S/C50H85NO13/c1-3-5-7-9-11-13-14-15-16-17-18-19-20-21-22-23-24-26-28-30-32-34-42(55)51-38(39(54)33-31-29-27-25-12-10-8-6-4-2)37-61-49-47(60)45(58)48(41(36-53)63-49)64-50-46(59)44(57)43(56)40(35-52)62-50/h5,7,11,13,15-16,18-19,21-22,24,26,38-41,43-50,52-54,56-60H,3-4,6,8-10,12,14,17,20,23,25,27-37H2,1-2H3,(H,51,55)/b7-5-,13-11-,16-15-,19-18-,22-21-,26-24-. The van der Waals surface area contributed by atoms with Crippen LogP contribution in [-0.4, -0.2) is 140 Å². The number of allylic oxidation sites excluding steroid dienone is 12. The Morgan fingerprint density at radius 2 is 1.08 bits per heavy atom. The predicted molar refractivity (Wildman–Crippen MR) is 249 cm³/mol. The van der Waals surface area contributed by atoms with Crippen LogP contribution in [0.1, 0.15) is 142 Å². The molecule has 1 amide bonds. The first-order valence-corrected chi connectivity index (χ1v) is 24.2. The maximum Gasteiger partial charge on any atom is 0.220 e. The summed E-state index contributed by atoms with van der Waals surface area (Å²) in [4.78, 5) is 13.1. The van der Waals surface area contributed by atoms with Crippen molar-refractivity contribution in [1.29, 1.82) is 0 Å². The maximum atomic E-state index is 13.1. The summed E-state index contributed by atoms with van der Waals surface area (Å²) in [6, 6.07) is -0.853. The molecule has 2 saturated heterocycles. The third kappa shape index (κ3) is 23.7. The molecule has 0 radical (unpaired) electrons. The minimum absolute atomic E-state index is 0.245. The lowest BCUT2D eigenvalue weighted by Gasteiger charge is -2.46. The molecular weight excluding hydrogens is 823 g/mol. The lowest BCUT2D eigenvalue weighted by molar-refractivity contribution is -0.359. The Labute approximate surface area is 383 Å². The van der Waals surface area contributed by atoms with Crippen molar-refractivity contribution >= 4 is 5.91 Å². The van der Waals surface area contributed by atoms with E-state index in [9.17, 15) is 45.6 Å². The van der Waals surface area contributed by atoms with Gasteiger partial charge in [-0.2, -0.15) is 0 Å². The first kappa shape index (κ1) is 57.6. The molecule has 0 spiro atoms. The van der Waals surface area contributed by atoms with E-state index in [1.807, 2.05) is 0 Å². The van der Waals surface area contributed by atoms with Gasteiger partial charge in [0.15, 0.2) is 12.6 Å². The summed E-state index contributed by atoms with van der Waals surface area (Å²) < 4.78 is 22.6. The summed E-state index contributed by atoms with van der Waals surface area (Å²) in [5.41, 5.74) is 0. The summed E-state index contributed by atoms with van der Waals surface area (Å²) in [7, 11) is 0. The van der Waals surface area contributed by atoms with Gasteiger partial charge in [-0.25, -0.2) is 0 Å². The van der Waals surface area contributed by atoms with E-state index in [4.69, 9.17) is 18.9 Å². The number of amides is 1. The van der Waals surface area contributed by atoms with Crippen LogP contribution in [-0.2, 0) is 23.7 Å². The Kier molecular flexibility index (Phi) is 32.9. The van der Waals surface area contributed by atoms with E-state index in [0.29, 0.717) is 12.8 Å². The third-order valence-electron chi connectivity index (χ3n) is 11.4. The highest BCUT2D eigenvalue weighted by Gasteiger charge is 2.51. The normalized spacial score (nSPS) is 27.9. The highest BCUT2D eigenvalue weighted by Crippen LogP contribution is 2.30. The van der Waals surface area contributed by atoms with E-state index in [2.05, 4.69) is 92.1 Å². The van der Waals surface area contributed by atoms with Crippen LogP contribution in [0.25, 0.3) is 0 Å². The fourth-order valence-electron chi connectivity index (χ4n) is 7.47. The number of aliphatic hydroxyl groups excluding tert-OH is 8. The number of ether oxygens (including phenoxy) is 4. The van der Waals surface area contributed by atoms with E-state index in [0.717, 1.165) is 77.0 Å². The minimum Gasteiger partial charge on any atom is -0.394 e. The lowest BCUT2D eigenvalue weighted by Crippen LogP contribution is -2.65. The average Bonchev–Trinajstić information content (AvgIpc) is 3.29. The van der Waals surface area contributed by atoms with Crippen molar-refractivity contribution in [2.75, 3.05) is 19.8 Å². The van der Waals surface area contributed by atoms with Crippen LogP contribution >= 0.6 is 0 Å². The molecule has 0 aliphatic carbocycles. The van der Waals surface area contributed by atoms with E-state index in [1.165, 1.54) is 32.1 Å². The first-order chi connectivity index (χ1) is 31.1. The molecule has 9 N–H and O–H groups in total. The average molecular weight is 908 g/mol. The topological polar surface area (TPSA) is 228 Å². The maximum absolute atomic E-state index is 13.1. The number of rotatable bonds is 35. The highest BCUT2D eigenvalue weighted by atomic mass is 16.7. The number of aliphatic hydroxyl groups is 8. The molecule has 64 heavy (non-hydrogen) atoms. The number of nitrogens with one attached hydrogen (secondary N) is 1. The molecule has 368 valence electrons. The van der Waals surface area contributed by atoms with Crippen molar-refractivity contribution in [1.82, 2.24) is 5.32 Å².